The maximum Gasteiger partial charge on any atom is 0.180 e. The number of thiazole rings is 1. The van der Waals surface area contributed by atoms with Gasteiger partial charge in [0, 0.05) is 24.4 Å². The SMILES string of the molecule is CCCN1CCc2nc(N)sc2CC1. The molecule has 1 aromatic rings. The smallest absolute Gasteiger partial charge is 0.180 e. The summed E-state index contributed by atoms with van der Waals surface area (Å²) >= 11 is 1.66. The first kappa shape index (κ1) is 9.93. The highest BCUT2D eigenvalue weighted by molar-refractivity contribution is 7.15. The van der Waals surface area contributed by atoms with Crippen LogP contribution in [0.1, 0.15) is 23.9 Å². The van der Waals surface area contributed by atoms with Gasteiger partial charge < -0.3 is 10.6 Å². The second kappa shape index (κ2) is 4.28. The lowest BCUT2D eigenvalue weighted by molar-refractivity contribution is 0.288. The third kappa shape index (κ3) is 2.07. The summed E-state index contributed by atoms with van der Waals surface area (Å²) in [7, 11) is 0. The zero-order valence-electron chi connectivity index (χ0n) is 8.62. The number of nitrogens with two attached hydrogens (primary N) is 1. The van der Waals surface area contributed by atoms with E-state index in [9.17, 15) is 0 Å². The zero-order chi connectivity index (χ0) is 9.97. The van der Waals surface area contributed by atoms with E-state index in [-0.39, 0.29) is 0 Å². The highest BCUT2D eigenvalue weighted by Crippen LogP contribution is 2.24. The lowest BCUT2D eigenvalue weighted by Gasteiger charge is -2.17. The third-order valence-electron chi connectivity index (χ3n) is 2.65. The lowest BCUT2D eigenvalue weighted by atomic mass is 10.2. The van der Waals surface area contributed by atoms with E-state index in [0.29, 0.717) is 0 Å². The van der Waals surface area contributed by atoms with Gasteiger partial charge in [-0.15, -0.1) is 11.3 Å². The quantitative estimate of drug-likeness (QED) is 0.807. The summed E-state index contributed by atoms with van der Waals surface area (Å²) < 4.78 is 0. The van der Waals surface area contributed by atoms with Crippen LogP contribution < -0.4 is 5.73 Å². The summed E-state index contributed by atoms with van der Waals surface area (Å²) in [6.45, 7) is 5.76. The van der Waals surface area contributed by atoms with E-state index in [1.807, 2.05) is 0 Å². The molecule has 1 aliphatic heterocycles. The molecule has 4 heteroatoms. The van der Waals surface area contributed by atoms with E-state index in [1.54, 1.807) is 11.3 Å². The molecule has 0 bridgehead atoms. The second-order valence-electron chi connectivity index (χ2n) is 3.76. The molecule has 0 aliphatic carbocycles. The number of hydrogen-bond donors (Lipinski definition) is 1. The maximum atomic E-state index is 5.70. The van der Waals surface area contributed by atoms with Gasteiger partial charge in [-0.05, 0) is 19.4 Å². The summed E-state index contributed by atoms with van der Waals surface area (Å²) in [6, 6.07) is 0. The van der Waals surface area contributed by atoms with Crippen LogP contribution in [0.2, 0.25) is 0 Å². The minimum atomic E-state index is 0.735. The van der Waals surface area contributed by atoms with E-state index < -0.39 is 0 Å². The number of nitrogens with zero attached hydrogens (tertiary/aromatic N) is 2. The number of nitrogen functional groups attached to an aromatic ring is 1. The van der Waals surface area contributed by atoms with Crippen LogP contribution in [0, 0.1) is 0 Å². The van der Waals surface area contributed by atoms with Gasteiger partial charge in [-0.3, -0.25) is 0 Å². The van der Waals surface area contributed by atoms with Gasteiger partial charge in [0.05, 0.1) is 5.69 Å². The molecule has 0 spiro atoms. The normalized spacial score (nSPS) is 17.8. The van der Waals surface area contributed by atoms with Gasteiger partial charge in [-0.2, -0.15) is 0 Å². The van der Waals surface area contributed by atoms with Crippen molar-refractivity contribution in [3.05, 3.63) is 10.6 Å². The Bertz CT molecular complexity index is 283. The molecule has 0 unspecified atom stereocenters. The Kier molecular flexibility index (Phi) is 3.03. The first-order valence-corrected chi connectivity index (χ1v) is 6.07. The summed E-state index contributed by atoms with van der Waals surface area (Å²) in [6.07, 6.45) is 3.44. The van der Waals surface area contributed by atoms with Gasteiger partial charge >= 0.3 is 0 Å². The van der Waals surface area contributed by atoms with Crippen molar-refractivity contribution in [2.75, 3.05) is 25.4 Å². The minimum Gasteiger partial charge on any atom is -0.375 e. The summed E-state index contributed by atoms with van der Waals surface area (Å²) in [5.41, 5.74) is 6.94. The predicted molar refractivity (Wildman–Crippen MR) is 60.7 cm³/mol. The summed E-state index contributed by atoms with van der Waals surface area (Å²) in [4.78, 5) is 8.30. The Morgan fingerprint density at radius 3 is 3.00 bits per heavy atom. The van der Waals surface area contributed by atoms with Crippen molar-refractivity contribution >= 4 is 16.5 Å². The van der Waals surface area contributed by atoms with E-state index in [0.717, 1.165) is 24.5 Å². The van der Waals surface area contributed by atoms with Crippen LogP contribution in [0.3, 0.4) is 0 Å². The first-order chi connectivity index (χ1) is 6.79. The topological polar surface area (TPSA) is 42.2 Å². The molecule has 0 radical (unpaired) electrons. The van der Waals surface area contributed by atoms with E-state index in [2.05, 4.69) is 16.8 Å². The van der Waals surface area contributed by atoms with Gasteiger partial charge in [-0.25, -0.2) is 4.98 Å². The molecular formula is C10H17N3S. The van der Waals surface area contributed by atoms with Crippen LogP contribution in [-0.4, -0.2) is 29.5 Å². The van der Waals surface area contributed by atoms with Crippen LogP contribution in [-0.2, 0) is 12.8 Å². The van der Waals surface area contributed by atoms with E-state index in [4.69, 9.17) is 5.73 Å². The monoisotopic (exact) mass is 211 g/mol. The molecule has 78 valence electrons. The predicted octanol–water partition coefficient (Wildman–Crippen LogP) is 1.54. The van der Waals surface area contributed by atoms with Gasteiger partial charge in [0.15, 0.2) is 5.13 Å². The number of fused-ring (bicyclic) bond motifs is 1. The van der Waals surface area contributed by atoms with Gasteiger partial charge in [0.1, 0.15) is 0 Å². The standard InChI is InChI=1S/C10H17N3S/c1-2-5-13-6-3-8-9(4-7-13)14-10(11)12-8/h2-7H2,1H3,(H2,11,12). The van der Waals surface area contributed by atoms with Crippen LogP contribution in [0.15, 0.2) is 0 Å². The van der Waals surface area contributed by atoms with Crippen molar-refractivity contribution in [3.8, 4) is 0 Å². The van der Waals surface area contributed by atoms with Crippen molar-refractivity contribution in [3.63, 3.8) is 0 Å². The highest BCUT2D eigenvalue weighted by Gasteiger charge is 2.16. The van der Waals surface area contributed by atoms with Crippen molar-refractivity contribution in [2.24, 2.45) is 0 Å². The fraction of sp³-hybridized carbons (Fsp3) is 0.700. The van der Waals surface area contributed by atoms with Crippen molar-refractivity contribution in [1.82, 2.24) is 9.88 Å². The number of hydrogen-bond acceptors (Lipinski definition) is 4. The molecule has 0 fully saturated rings. The first-order valence-electron chi connectivity index (χ1n) is 5.26. The van der Waals surface area contributed by atoms with Crippen LogP contribution in [0.4, 0.5) is 5.13 Å². The molecule has 2 heterocycles. The van der Waals surface area contributed by atoms with Crippen molar-refractivity contribution in [1.29, 1.82) is 0 Å². The summed E-state index contributed by atoms with van der Waals surface area (Å²) in [5.74, 6) is 0. The van der Waals surface area contributed by atoms with Crippen molar-refractivity contribution in [2.45, 2.75) is 26.2 Å². The van der Waals surface area contributed by atoms with Crippen LogP contribution in [0.5, 0.6) is 0 Å². The molecular weight excluding hydrogens is 194 g/mol. The maximum absolute atomic E-state index is 5.70. The molecule has 1 aliphatic rings. The molecule has 2 N–H and O–H groups in total. The van der Waals surface area contributed by atoms with Gasteiger partial charge in [0.2, 0.25) is 0 Å². The molecule has 0 atom stereocenters. The van der Waals surface area contributed by atoms with E-state index in [1.165, 1.54) is 30.1 Å². The molecule has 0 saturated heterocycles. The number of rotatable bonds is 2. The molecule has 0 aromatic carbocycles. The number of anilines is 1. The Morgan fingerprint density at radius 1 is 1.43 bits per heavy atom. The Morgan fingerprint density at radius 2 is 2.21 bits per heavy atom. The van der Waals surface area contributed by atoms with Gasteiger partial charge in [-0.1, -0.05) is 6.92 Å². The molecule has 3 nitrogen and oxygen atoms in total. The molecule has 2 rings (SSSR count). The second-order valence-corrected chi connectivity index (χ2v) is 4.88. The Labute approximate surface area is 88.9 Å². The largest absolute Gasteiger partial charge is 0.375 e. The van der Waals surface area contributed by atoms with Crippen molar-refractivity contribution < 1.29 is 0 Å². The Balaban J connectivity index is 2.04. The highest BCUT2D eigenvalue weighted by atomic mass is 32.1. The fourth-order valence-electron chi connectivity index (χ4n) is 1.97. The fourth-order valence-corrected chi connectivity index (χ4v) is 2.84. The van der Waals surface area contributed by atoms with Gasteiger partial charge in [0.25, 0.3) is 0 Å². The molecule has 14 heavy (non-hydrogen) atoms. The van der Waals surface area contributed by atoms with E-state index >= 15 is 0 Å². The molecule has 0 amide bonds. The average Bonchev–Trinajstić information content (AvgIpc) is 2.42. The summed E-state index contributed by atoms with van der Waals surface area (Å²) in [5, 5.41) is 0.735. The third-order valence-corrected chi connectivity index (χ3v) is 3.64. The minimum absolute atomic E-state index is 0.735. The van der Waals surface area contributed by atoms with Crippen LogP contribution >= 0.6 is 11.3 Å². The molecule has 0 saturated carbocycles. The zero-order valence-corrected chi connectivity index (χ0v) is 9.44. The lowest BCUT2D eigenvalue weighted by Crippen LogP contribution is -2.27. The van der Waals surface area contributed by atoms with Crippen LogP contribution in [0.25, 0.3) is 0 Å². The number of aromatic nitrogens is 1. The Hall–Kier alpha value is -0.610. The average molecular weight is 211 g/mol. The molecule has 1 aromatic heterocycles.